The van der Waals surface area contributed by atoms with Crippen molar-refractivity contribution in [3.63, 3.8) is 0 Å². The van der Waals surface area contributed by atoms with Gasteiger partial charge >= 0.3 is 0 Å². The molecule has 0 aromatic heterocycles. The van der Waals surface area contributed by atoms with E-state index in [2.05, 4.69) is 0 Å². The molecular weight excluding hydrogens is 496 g/mol. The molecule has 8 atom stereocenters. The van der Waals surface area contributed by atoms with Crippen LogP contribution in [-0.4, -0.2) is 122 Å². The lowest BCUT2D eigenvalue weighted by molar-refractivity contribution is -0.326. The first kappa shape index (κ1) is 24.8. The molecule has 12 heteroatoms. The third kappa shape index (κ3) is 7.07. The van der Waals surface area contributed by atoms with Gasteiger partial charge in [0.25, 0.3) is 0 Å². The van der Waals surface area contributed by atoms with Crippen molar-refractivity contribution in [2.45, 2.75) is 49.6 Å². The number of hydrogen-bond donors (Lipinski definition) is 0. The highest BCUT2D eigenvalue weighted by atomic mass is 32.2. The summed E-state index contributed by atoms with van der Waals surface area (Å²) in [6.07, 6.45) is -0.908. The second-order valence-corrected chi connectivity index (χ2v) is 12.6. The summed E-state index contributed by atoms with van der Waals surface area (Å²) < 4.78 is 47.9. The molecule has 32 heavy (non-hydrogen) atoms. The molecule has 12 aliphatic rings. The highest BCUT2D eigenvalue weighted by molar-refractivity contribution is 8.03. The first-order chi connectivity index (χ1) is 15.8. The molecule has 0 aliphatic carbocycles. The maximum Gasteiger partial charge on any atom is 0.167 e. The van der Waals surface area contributed by atoms with E-state index < -0.39 is 0 Å². The molecule has 8 bridgehead atoms. The molecule has 12 rings (SSSR count). The third-order valence-corrected chi connectivity index (χ3v) is 10.2. The maximum atomic E-state index is 6.07. The summed E-state index contributed by atoms with van der Waals surface area (Å²) in [4.78, 5) is 0. The molecule has 0 unspecified atom stereocenters. The molecule has 12 saturated heterocycles. The van der Waals surface area contributed by atoms with E-state index in [0.29, 0.717) is 26.4 Å². The zero-order valence-corrected chi connectivity index (χ0v) is 21.3. The molecule has 0 aromatic rings. The predicted octanol–water partition coefficient (Wildman–Crippen LogP) is 1.90. The van der Waals surface area contributed by atoms with Gasteiger partial charge in [0.05, 0.1) is 26.4 Å². The van der Waals surface area contributed by atoms with Gasteiger partial charge < -0.3 is 37.9 Å². The van der Waals surface area contributed by atoms with Crippen LogP contribution >= 0.6 is 47.0 Å². The largest absolute Gasteiger partial charge is 0.349 e. The number of ether oxygens (including phenoxy) is 8. The molecule has 0 spiro atoms. The Balaban J connectivity index is 1.11. The maximum absolute atomic E-state index is 6.07. The summed E-state index contributed by atoms with van der Waals surface area (Å²) in [6, 6.07) is 0. The summed E-state index contributed by atoms with van der Waals surface area (Å²) in [5, 5.41) is 0. The normalized spacial score (nSPS) is 45.0. The fourth-order valence-electron chi connectivity index (χ4n) is 3.99. The lowest BCUT2D eigenvalue weighted by atomic mass is 10.2. The highest BCUT2D eigenvalue weighted by Crippen LogP contribution is 2.28. The fourth-order valence-corrected chi connectivity index (χ4v) is 8.01. The van der Waals surface area contributed by atoms with Crippen molar-refractivity contribution in [2.75, 3.05) is 72.5 Å². The minimum absolute atomic E-state index is 0.0362. The van der Waals surface area contributed by atoms with Crippen molar-refractivity contribution in [1.29, 1.82) is 0 Å². The monoisotopic (exact) mass is 528 g/mol. The molecule has 0 aromatic carbocycles. The zero-order valence-electron chi connectivity index (χ0n) is 18.0. The Labute approximate surface area is 206 Å². The average molecular weight is 529 g/mol. The van der Waals surface area contributed by atoms with Crippen molar-refractivity contribution < 1.29 is 37.9 Å². The van der Waals surface area contributed by atoms with Gasteiger partial charge in [-0.05, 0) is 0 Å². The molecule has 184 valence electrons. The van der Waals surface area contributed by atoms with Gasteiger partial charge in [0.2, 0.25) is 0 Å². The molecule has 12 fully saturated rings. The van der Waals surface area contributed by atoms with Crippen LogP contribution in [0.2, 0.25) is 0 Å². The summed E-state index contributed by atoms with van der Waals surface area (Å²) in [5.41, 5.74) is 0. The van der Waals surface area contributed by atoms with Gasteiger partial charge in [0.1, 0.15) is 24.4 Å². The SMILES string of the molecule is C1CSC[C@@H]2OC[C@@H]3O[C@H](CSCCSC[C@@H]4OC[C@@H]5O[C@H](CS1)OC[C@@H]5O4)OC[C@@H]3O2. The summed E-state index contributed by atoms with van der Waals surface area (Å²) in [7, 11) is 0. The van der Waals surface area contributed by atoms with E-state index in [4.69, 9.17) is 37.9 Å². The number of hydrogen-bond acceptors (Lipinski definition) is 12. The Morgan fingerprint density at radius 2 is 0.625 bits per heavy atom. The van der Waals surface area contributed by atoms with Crippen LogP contribution in [-0.2, 0) is 37.9 Å². The smallest absolute Gasteiger partial charge is 0.167 e. The van der Waals surface area contributed by atoms with Gasteiger partial charge in [-0.3, -0.25) is 0 Å². The fraction of sp³-hybridized carbons (Fsp3) is 1.00. The van der Waals surface area contributed by atoms with Crippen LogP contribution in [0.15, 0.2) is 0 Å². The van der Waals surface area contributed by atoms with E-state index in [1.54, 1.807) is 0 Å². The average Bonchev–Trinajstić information content (AvgIpc) is 2.82. The van der Waals surface area contributed by atoms with Gasteiger partial charge in [0.15, 0.2) is 25.2 Å². The molecular formula is C20H32O8S4. The number of rotatable bonds is 0. The van der Waals surface area contributed by atoms with Crippen LogP contribution < -0.4 is 0 Å². The predicted molar refractivity (Wildman–Crippen MR) is 128 cm³/mol. The first-order valence-corrected chi connectivity index (χ1v) is 15.8. The summed E-state index contributed by atoms with van der Waals surface area (Å²) in [6.45, 7) is 2.30. The Morgan fingerprint density at radius 3 is 0.875 bits per heavy atom. The zero-order chi connectivity index (χ0) is 21.6. The van der Waals surface area contributed by atoms with Crippen molar-refractivity contribution in [1.82, 2.24) is 0 Å². The minimum Gasteiger partial charge on any atom is -0.349 e. The van der Waals surface area contributed by atoms with Gasteiger partial charge in [-0.2, -0.15) is 47.0 Å². The topological polar surface area (TPSA) is 73.8 Å². The molecule has 0 amide bonds. The van der Waals surface area contributed by atoms with E-state index >= 15 is 0 Å². The minimum atomic E-state index is -0.191. The van der Waals surface area contributed by atoms with Crippen molar-refractivity contribution in [3.05, 3.63) is 0 Å². The van der Waals surface area contributed by atoms with Gasteiger partial charge in [-0.25, -0.2) is 0 Å². The molecule has 12 heterocycles. The third-order valence-electron chi connectivity index (χ3n) is 5.68. The Kier molecular flexibility index (Phi) is 9.95. The quantitative estimate of drug-likeness (QED) is 0.461. The Bertz CT molecular complexity index is 482. The lowest BCUT2D eigenvalue weighted by Gasteiger charge is -2.42. The van der Waals surface area contributed by atoms with Gasteiger partial charge in [-0.1, -0.05) is 0 Å². The van der Waals surface area contributed by atoms with E-state index in [1.807, 2.05) is 47.0 Å². The number of thioether (sulfide) groups is 4. The van der Waals surface area contributed by atoms with Crippen molar-refractivity contribution in [3.8, 4) is 0 Å². The summed E-state index contributed by atoms with van der Waals surface area (Å²) >= 11 is 7.38. The lowest BCUT2D eigenvalue weighted by Crippen LogP contribution is -2.54. The van der Waals surface area contributed by atoms with Crippen molar-refractivity contribution in [2.24, 2.45) is 0 Å². The van der Waals surface area contributed by atoms with Crippen molar-refractivity contribution >= 4 is 47.0 Å². The van der Waals surface area contributed by atoms with Crippen LogP contribution in [0.25, 0.3) is 0 Å². The van der Waals surface area contributed by atoms with Gasteiger partial charge in [0, 0.05) is 46.0 Å². The second-order valence-electron chi connectivity index (χ2n) is 8.05. The Morgan fingerprint density at radius 1 is 0.375 bits per heavy atom. The van der Waals surface area contributed by atoms with Crippen LogP contribution in [0.1, 0.15) is 0 Å². The van der Waals surface area contributed by atoms with Crippen LogP contribution in [0.3, 0.4) is 0 Å². The van der Waals surface area contributed by atoms with E-state index in [1.165, 1.54) is 0 Å². The first-order valence-electron chi connectivity index (χ1n) is 11.2. The molecule has 0 N–H and O–H groups in total. The summed E-state index contributed by atoms with van der Waals surface area (Å²) in [5.74, 6) is 7.37. The van der Waals surface area contributed by atoms with Crippen LogP contribution in [0.5, 0.6) is 0 Å². The highest BCUT2D eigenvalue weighted by Gasteiger charge is 2.40. The van der Waals surface area contributed by atoms with E-state index in [0.717, 1.165) is 46.0 Å². The second kappa shape index (κ2) is 12.9. The molecule has 0 radical (unpaired) electrons. The van der Waals surface area contributed by atoms with E-state index in [9.17, 15) is 0 Å². The molecule has 12 aliphatic heterocycles. The molecule has 0 saturated carbocycles. The van der Waals surface area contributed by atoms with Crippen LogP contribution in [0, 0.1) is 0 Å². The van der Waals surface area contributed by atoms with Crippen LogP contribution in [0.4, 0.5) is 0 Å². The van der Waals surface area contributed by atoms with E-state index in [-0.39, 0.29) is 49.6 Å². The Hall–Kier alpha value is 1.08. The molecule has 8 nitrogen and oxygen atoms in total. The van der Waals surface area contributed by atoms with Gasteiger partial charge in [-0.15, -0.1) is 0 Å². The standard InChI is InChI=1S/C20H32O8S4/c1-2-30-10-18-22-7-16-15(26-18)8-24-20(28-16)12-32-4-3-31-11-19-23-6-13-14(27-19)5-21-17(25-13)9-29-1/h13-20H,1-12H2/t13-,14-,15-,16-,17+,18+,19+,20+/m0/s1.